The van der Waals surface area contributed by atoms with Gasteiger partial charge in [0.1, 0.15) is 10.7 Å². The van der Waals surface area contributed by atoms with Gasteiger partial charge in [0.15, 0.2) is 21.3 Å². The number of imidazole rings is 1. The zero-order valence-corrected chi connectivity index (χ0v) is 25.3. The first-order valence-corrected chi connectivity index (χ1v) is 16.8. The summed E-state index contributed by atoms with van der Waals surface area (Å²) in [6, 6.07) is 21.2. The molecule has 1 amide bonds. The van der Waals surface area contributed by atoms with Gasteiger partial charge in [-0.3, -0.25) is 9.78 Å². The van der Waals surface area contributed by atoms with Crippen LogP contribution in [0.25, 0.3) is 39.1 Å². The molecular weight excluding hydrogens is 588 g/mol. The summed E-state index contributed by atoms with van der Waals surface area (Å²) in [7, 11) is -3.76. The number of fused-ring (bicyclic) bond motifs is 4. The van der Waals surface area contributed by atoms with E-state index in [1.807, 2.05) is 71.6 Å². The minimum Gasteiger partial charge on any atom is -0.382 e. The maximum Gasteiger partial charge on any atom is 0.290 e. The fraction of sp³-hybridized carbons (Fsp3) is 0.242. The van der Waals surface area contributed by atoms with Gasteiger partial charge in [0, 0.05) is 47.1 Å². The molecule has 6 aromatic rings. The number of H-pyrrole nitrogens is 1. The van der Waals surface area contributed by atoms with Crippen LogP contribution >= 0.6 is 0 Å². The smallest absolute Gasteiger partial charge is 0.290 e. The van der Waals surface area contributed by atoms with Crippen molar-refractivity contribution in [3.8, 4) is 22.4 Å². The normalized spacial score (nSPS) is 19.8. The fourth-order valence-electron chi connectivity index (χ4n) is 7.12. The average Bonchev–Trinajstić information content (AvgIpc) is 3.74. The zero-order chi connectivity index (χ0) is 30.9. The molecule has 2 aliphatic heterocycles. The summed E-state index contributed by atoms with van der Waals surface area (Å²) in [5.74, 6) is 0.0159. The lowest BCUT2D eigenvalue weighted by Gasteiger charge is -2.38. The van der Waals surface area contributed by atoms with Gasteiger partial charge in [-0.05, 0) is 43.9 Å². The Balaban J connectivity index is 1.16. The minimum absolute atomic E-state index is 0.00339. The molecule has 12 heteroatoms. The van der Waals surface area contributed by atoms with Crippen molar-refractivity contribution < 1.29 is 13.2 Å². The number of nitrogens with one attached hydrogen (secondary N) is 1. The van der Waals surface area contributed by atoms with Crippen LogP contribution in [-0.4, -0.2) is 67.1 Å². The molecule has 2 aromatic carbocycles. The van der Waals surface area contributed by atoms with E-state index in [2.05, 4.69) is 20.1 Å². The van der Waals surface area contributed by atoms with E-state index in [0.717, 1.165) is 47.0 Å². The quantitative estimate of drug-likeness (QED) is 0.278. The predicted octanol–water partition coefficient (Wildman–Crippen LogP) is 4.87. The molecule has 2 fully saturated rings. The van der Waals surface area contributed by atoms with Gasteiger partial charge in [-0.25, -0.2) is 18.4 Å². The molecule has 2 saturated heterocycles. The molecule has 0 unspecified atom stereocenters. The van der Waals surface area contributed by atoms with E-state index in [0.29, 0.717) is 35.6 Å². The number of carbonyl (C=O) groups excluding carboxylic acids is 1. The third-order valence-electron chi connectivity index (χ3n) is 9.12. The molecule has 3 N–H and O–H groups in total. The summed E-state index contributed by atoms with van der Waals surface area (Å²) in [5, 5.41) is 4.44. The molecule has 11 nitrogen and oxygen atoms in total. The van der Waals surface area contributed by atoms with E-state index < -0.39 is 9.84 Å². The molecule has 0 aliphatic carbocycles. The highest BCUT2D eigenvalue weighted by molar-refractivity contribution is 7.91. The molecule has 8 rings (SSSR count). The van der Waals surface area contributed by atoms with Gasteiger partial charge < -0.3 is 15.6 Å². The van der Waals surface area contributed by atoms with Crippen LogP contribution in [0.1, 0.15) is 47.9 Å². The second-order valence-corrected chi connectivity index (χ2v) is 13.9. The number of para-hydroxylation sites is 2. The van der Waals surface area contributed by atoms with Crippen LogP contribution in [0, 0.1) is 0 Å². The SMILES string of the molecule is CS(=O)(=O)c1c([C@H]2C[C@H]3CC[C@@H](C2)N3C(=O)c2nc3ccccc3[nH]2)nc2c(-c3ccc(-c4ccccc4)nc3)cnn2c1N. The standard InChI is InChI=1S/C33H30N8O3S/c1-45(43,44)29-28(21-15-22-12-13-23(16-21)40(22)33(42)31-37-26-9-5-6-10-27(26)38-31)39-32-24(18-36-41(32)30(29)34)20-11-14-25(35-17-20)19-7-3-2-4-8-19/h2-11,14,17-18,21-23H,12-13,15-16,34H2,1H3,(H,37,38)/t21-,22+,23-. The Labute approximate surface area is 259 Å². The lowest BCUT2D eigenvalue weighted by molar-refractivity contribution is 0.0557. The number of pyridine rings is 1. The summed E-state index contributed by atoms with van der Waals surface area (Å²) in [4.78, 5) is 33.0. The molecule has 0 saturated carbocycles. The Morgan fingerprint density at radius 2 is 1.64 bits per heavy atom. The van der Waals surface area contributed by atoms with Gasteiger partial charge in [0.05, 0.1) is 28.6 Å². The van der Waals surface area contributed by atoms with Crippen LogP contribution in [-0.2, 0) is 9.84 Å². The summed E-state index contributed by atoms with van der Waals surface area (Å²) in [6.45, 7) is 0. The number of anilines is 1. The molecule has 226 valence electrons. The van der Waals surface area contributed by atoms with E-state index in [1.165, 1.54) is 4.52 Å². The van der Waals surface area contributed by atoms with Crippen molar-refractivity contribution in [2.75, 3.05) is 12.0 Å². The van der Waals surface area contributed by atoms with E-state index >= 15 is 0 Å². The monoisotopic (exact) mass is 618 g/mol. The van der Waals surface area contributed by atoms with Crippen molar-refractivity contribution in [1.82, 2.24) is 34.4 Å². The van der Waals surface area contributed by atoms with Gasteiger partial charge in [-0.2, -0.15) is 9.61 Å². The van der Waals surface area contributed by atoms with Crippen LogP contribution in [0.4, 0.5) is 5.82 Å². The highest BCUT2D eigenvalue weighted by Crippen LogP contribution is 2.45. The Bertz CT molecular complexity index is 2160. The number of rotatable bonds is 5. The van der Waals surface area contributed by atoms with Gasteiger partial charge in [-0.15, -0.1) is 0 Å². The molecule has 0 radical (unpaired) electrons. The van der Waals surface area contributed by atoms with Crippen molar-refractivity contribution in [2.45, 2.75) is 48.6 Å². The van der Waals surface area contributed by atoms with Crippen molar-refractivity contribution in [3.05, 3.63) is 90.6 Å². The van der Waals surface area contributed by atoms with E-state index in [4.69, 9.17) is 10.7 Å². The van der Waals surface area contributed by atoms with Gasteiger partial charge in [0.25, 0.3) is 5.91 Å². The second kappa shape index (κ2) is 10.2. The summed E-state index contributed by atoms with van der Waals surface area (Å²) in [5.41, 5.74) is 12.4. The molecule has 3 atom stereocenters. The van der Waals surface area contributed by atoms with Crippen molar-refractivity contribution in [2.24, 2.45) is 0 Å². The number of nitrogens with zero attached hydrogens (tertiary/aromatic N) is 6. The minimum atomic E-state index is -3.76. The highest BCUT2D eigenvalue weighted by atomic mass is 32.2. The number of amides is 1. The van der Waals surface area contributed by atoms with E-state index in [-0.39, 0.29) is 34.6 Å². The maximum absolute atomic E-state index is 13.7. The number of nitrogen functional groups attached to an aromatic ring is 1. The third kappa shape index (κ3) is 4.55. The third-order valence-corrected chi connectivity index (χ3v) is 10.3. The average molecular weight is 619 g/mol. The molecule has 2 bridgehead atoms. The largest absolute Gasteiger partial charge is 0.382 e. The predicted molar refractivity (Wildman–Crippen MR) is 170 cm³/mol. The van der Waals surface area contributed by atoms with E-state index in [9.17, 15) is 13.2 Å². The number of hydrogen-bond donors (Lipinski definition) is 2. The first-order valence-electron chi connectivity index (χ1n) is 14.9. The Morgan fingerprint density at radius 1 is 0.911 bits per heavy atom. The topological polar surface area (TPSA) is 152 Å². The number of hydrogen-bond acceptors (Lipinski definition) is 8. The maximum atomic E-state index is 13.7. The van der Waals surface area contributed by atoms with Crippen LogP contribution in [0.15, 0.2) is 84.0 Å². The first-order chi connectivity index (χ1) is 21.8. The van der Waals surface area contributed by atoms with Crippen LogP contribution in [0.3, 0.4) is 0 Å². The van der Waals surface area contributed by atoms with Gasteiger partial charge >= 0.3 is 0 Å². The highest BCUT2D eigenvalue weighted by Gasteiger charge is 2.46. The van der Waals surface area contributed by atoms with Gasteiger partial charge in [0.2, 0.25) is 0 Å². The zero-order valence-electron chi connectivity index (χ0n) is 24.5. The molecule has 6 heterocycles. The van der Waals surface area contributed by atoms with Crippen molar-refractivity contribution in [3.63, 3.8) is 0 Å². The number of piperidine rings is 1. The van der Waals surface area contributed by atoms with Crippen LogP contribution in [0.5, 0.6) is 0 Å². The molecule has 4 aromatic heterocycles. The van der Waals surface area contributed by atoms with Gasteiger partial charge in [-0.1, -0.05) is 48.5 Å². The number of aromatic amines is 1. The number of nitrogens with two attached hydrogens (primary N) is 1. The summed E-state index contributed by atoms with van der Waals surface area (Å²) in [6.07, 6.45) is 7.37. The Hall–Kier alpha value is -5.10. The summed E-state index contributed by atoms with van der Waals surface area (Å²) < 4.78 is 27.8. The lowest BCUT2D eigenvalue weighted by Crippen LogP contribution is -2.46. The van der Waals surface area contributed by atoms with Crippen molar-refractivity contribution in [1.29, 1.82) is 0 Å². The lowest BCUT2D eigenvalue weighted by atomic mass is 9.87. The Morgan fingerprint density at radius 3 is 2.33 bits per heavy atom. The second-order valence-electron chi connectivity index (χ2n) is 11.9. The molecular formula is C33H30N8O3S. The first kappa shape index (κ1) is 27.4. The number of carbonyl (C=O) groups is 1. The molecule has 2 aliphatic rings. The summed E-state index contributed by atoms with van der Waals surface area (Å²) >= 11 is 0. The fourth-order valence-corrected chi connectivity index (χ4v) is 8.18. The van der Waals surface area contributed by atoms with Crippen LogP contribution in [0.2, 0.25) is 0 Å². The number of sulfone groups is 1. The number of aromatic nitrogens is 6. The van der Waals surface area contributed by atoms with Crippen LogP contribution < -0.4 is 5.73 Å². The molecule has 45 heavy (non-hydrogen) atoms. The molecule has 0 spiro atoms. The number of benzene rings is 2. The Kier molecular flexibility index (Phi) is 6.24. The van der Waals surface area contributed by atoms with E-state index in [1.54, 1.807) is 12.4 Å². The van der Waals surface area contributed by atoms with Crippen molar-refractivity contribution >= 4 is 38.2 Å².